The van der Waals surface area contributed by atoms with E-state index in [-0.39, 0.29) is 0 Å². The van der Waals surface area contributed by atoms with Gasteiger partial charge in [0, 0.05) is 32.2 Å². The number of rotatable bonds is 1. The van der Waals surface area contributed by atoms with Crippen molar-refractivity contribution < 1.29 is 0 Å². The summed E-state index contributed by atoms with van der Waals surface area (Å²) in [5, 5.41) is 3.44. The first-order chi connectivity index (χ1) is 7.17. The van der Waals surface area contributed by atoms with Gasteiger partial charge in [0.1, 0.15) is 0 Å². The first-order valence-electron chi connectivity index (χ1n) is 6.62. The average Bonchev–Trinajstić information content (AvgIpc) is 2.41. The van der Waals surface area contributed by atoms with E-state index in [4.69, 9.17) is 0 Å². The Hall–Kier alpha value is -0.0800. The summed E-state index contributed by atoms with van der Waals surface area (Å²) in [6.07, 6.45) is 7.13. The van der Waals surface area contributed by atoms with Crippen LogP contribution >= 0.6 is 0 Å². The third-order valence-electron chi connectivity index (χ3n) is 4.21. The van der Waals surface area contributed by atoms with Gasteiger partial charge in [-0.25, -0.2) is 0 Å². The van der Waals surface area contributed by atoms with E-state index in [0.717, 1.165) is 6.04 Å². The molecule has 88 valence electrons. The second-order valence-electron chi connectivity index (χ2n) is 6.03. The molecule has 0 bridgehead atoms. The highest BCUT2D eigenvalue weighted by Crippen LogP contribution is 2.35. The molecule has 1 aliphatic heterocycles. The van der Waals surface area contributed by atoms with Gasteiger partial charge in [0.15, 0.2) is 0 Å². The van der Waals surface area contributed by atoms with Crippen LogP contribution in [0.1, 0.15) is 46.0 Å². The van der Waals surface area contributed by atoms with Crippen LogP contribution in [0.4, 0.5) is 0 Å². The molecule has 0 aromatic heterocycles. The molecule has 1 aliphatic carbocycles. The number of piperazine rings is 1. The van der Waals surface area contributed by atoms with Crippen LogP contribution in [0.15, 0.2) is 0 Å². The van der Waals surface area contributed by atoms with E-state index in [1.165, 1.54) is 58.3 Å². The van der Waals surface area contributed by atoms with Crippen molar-refractivity contribution in [3.8, 4) is 0 Å². The van der Waals surface area contributed by atoms with Gasteiger partial charge < -0.3 is 5.32 Å². The number of hydrogen-bond donors (Lipinski definition) is 1. The van der Waals surface area contributed by atoms with Crippen LogP contribution < -0.4 is 5.32 Å². The largest absolute Gasteiger partial charge is 0.314 e. The van der Waals surface area contributed by atoms with E-state index >= 15 is 0 Å². The minimum absolute atomic E-state index is 0.600. The lowest BCUT2D eigenvalue weighted by atomic mass is 9.85. The maximum Gasteiger partial charge on any atom is 0.0110 e. The van der Waals surface area contributed by atoms with E-state index in [1.54, 1.807) is 0 Å². The third-order valence-corrected chi connectivity index (χ3v) is 4.21. The lowest BCUT2D eigenvalue weighted by Crippen LogP contribution is -2.48. The number of hydrogen-bond acceptors (Lipinski definition) is 2. The normalized spacial score (nSPS) is 33.6. The predicted octanol–water partition coefficient (Wildman–Crippen LogP) is 2.25. The molecule has 1 unspecified atom stereocenters. The lowest BCUT2D eigenvalue weighted by Gasteiger charge is -2.34. The Bertz CT molecular complexity index is 195. The van der Waals surface area contributed by atoms with Gasteiger partial charge in [0.25, 0.3) is 0 Å². The Morgan fingerprint density at radius 2 is 1.80 bits per heavy atom. The van der Waals surface area contributed by atoms with Crippen LogP contribution in [0, 0.1) is 5.41 Å². The summed E-state index contributed by atoms with van der Waals surface area (Å²) in [7, 11) is 0. The molecule has 2 heteroatoms. The third kappa shape index (κ3) is 3.18. The van der Waals surface area contributed by atoms with Gasteiger partial charge in [-0.3, -0.25) is 4.90 Å². The lowest BCUT2D eigenvalue weighted by molar-refractivity contribution is 0.155. The fourth-order valence-electron chi connectivity index (χ4n) is 3.06. The van der Waals surface area contributed by atoms with E-state index in [2.05, 4.69) is 24.1 Å². The molecular weight excluding hydrogens is 184 g/mol. The van der Waals surface area contributed by atoms with Gasteiger partial charge in [-0.2, -0.15) is 0 Å². The molecule has 1 atom stereocenters. The SMILES string of the molecule is CC1(C)CCCC(N2CCNCC2)CC1. The van der Waals surface area contributed by atoms with Crippen molar-refractivity contribution in [3.63, 3.8) is 0 Å². The quantitative estimate of drug-likeness (QED) is 0.668. The topological polar surface area (TPSA) is 15.3 Å². The Labute approximate surface area is 94.4 Å². The van der Waals surface area contributed by atoms with Crippen molar-refractivity contribution in [1.82, 2.24) is 10.2 Å². The molecule has 2 nitrogen and oxygen atoms in total. The van der Waals surface area contributed by atoms with Gasteiger partial charge in [-0.1, -0.05) is 20.3 Å². The highest BCUT2D eigenvalue weighted by atomic mass is 15.2. The Kier molecular flexibility index (Phi) is 3.68. The van der Waals surface area contributed by atoms with Gasteiger partial charge in [-0.05, 0) is 31.1 Å². The second-order valence-corrected chi connectivity index (χ2v) is 6.03. The molecule has 0 aromatic carbocycles. The zero-order valence-electron chi connectivity index (χ0n) is 10.4. The molecule has 1 heterocycles. The first-order valence-corrected chi connectivity index (χ1v) is 6.62. The van der Waals surface area contributed by atoms with Gasteiger partial charge in [-0.15, -0.1) is 0 Å². The van der Waals surface area contributed by atoms with Crippen molar-refractivity contribution >= 4 is 0 Å². The van der Waals surface area contributed by atoms with Crippen LogP contribution in [0.5, 0.6) is 0 Å². The van der Waals surface area contributed by atoms with Crippen LogP contribution in [0.3, 0.4) is 0 Å². The summed E-state index contributed by atoms with van der Waals surface area (Å²) in [6, 6.07) is 0.883. The molecule has 2 rings (SSSR count). The summed E-state index contributed by atoms with van der Waals surface area (Å²) < 4.78 is 0. The summed E-state index contributed by atoms with van der Waals surface area (Å²) in [5.41, 5.74) is 0.600. The molecule has 0 radical (unpaired) electrons. The van der Waals surface area contributed by atoms with Gasteiger partial charge in [0.05, 0.1) is 0 Å². The standard InChI is InChI=1S/C13H26N2/c1-13(2)6-3-4-12(5-7-13)15-10-8-14-9-11-15/h12,14H,3-11H2,1-2H3. The van der Waals surface area contributed by atoms with Crippen molar-refractivity contribution in [3.05, 3.63) is 0 Å². The zero-order valence-corrected chi connectivity index (χ0v) is 10.4. The maximum atomic E-state index is 3.44. The zero-order chi connectivity index (χ0) is 10.7. The Morgan fingerprint density at radius 1 is 1.07 bits per heavy atom. The Morgan fingerprint density at radius 3 is 2.53 bits per heavy atom. The van der Waals surface area contributed by atoms with Crippen molar-refractivity contribution in [1.29, 1.82) is 0 Å². The summed E-state index contributed by atoms with van der Waals surface area (Å²) in [5.74, 6) is 0. The Balaban J connectivity index is 1.87. The first kappa shape index (κ1) is 11.4. The average molecular weight is 210 g/mol. The minimum Gasteiger partial charge on any atom is -0.314 e. The fraction of sp³-hybridized carbons (Fsp3) is 1.00. The predicted molar refractivity (Wildman–Crippen MR) is 65.1 cm³/mol. The maximum absolute atomic E-state index is 3.44. The molecule has 1 saturated carbocycles. The molecule has 2 fully saturated rings. The van der Waals surface area contributed by atoms with Gasteiger partial charge in [0.2, 0.25) is 0 Å². The second kappa shape index (κ2) is 4.84. The molecule has 0 aromatic rings. The highest BCUT2D eigenvalue weighted by Gasteiger charge is 2.27. The molecule has 1 saturated heterocycles. The van der Waals surface area contributed by atoms with Crippen LogP contribution in [-0.4, -0.2) is 37.1 Å². The molecule has 2 aliphatic rings. The molecule has 1 N–H and O–H groups in total. The van der Waals surface area contributed by atoms with Crippen molar-refractivity contribution in [2.24, 2.45) is 5.41 Å². The fourth-order valence-corrected chi connectivity index (χ4v) is 3.06. The molecule has 0 spiro atoms. The number of nitrogens with one attached hydrogen (secondary N) is 1. The number of nitrogens with zero attached hydrogens (tertiary/aromatic N) is 1. The molecule has 0 amide bonds. The summed E-state index contributed by atoms with van der Waals surface area (Å²) >= 11 is 0. The van der Waals surface area contributed by atoms with Crippen LogP contribution in [-0.2, 0) is 0 Å². The summed E-state index contributed by atoms with van der Waals surface area (Å²) in [4.78, 5) is 2.72. The smallest absolute Gasteiger partial charge is 0.0110 e. The van der Waals surface area contributed by atoms with Gasteiger partial charge >= 0.3 is 0 Å². The monoisotopic (exact) mass is 210 g/mol. The van der Waals surface area contributed by atoms with E-state index in [0.29, 0.717) is 5.41 Å². The molecule has 15 heavy (non-hydrogen) atoms. The van der Waals surface area contributed by atoms with E-state index < -0.39 is 0 Å². The minimum atomic E-state index is 0.600. The molecular formula is C13H26N2. The van der Waals surface area contributed by atoms with Crippen LogP contribution in [0.2, 0.25) is 0 Å². The van der Waals surface area contributed by atoms with E-state index in [9.17, 15) is 0 Å². The van der Waals surface area contributed by atoms with Crippen molar-refractivity contribution in [2.45, 2.75) is 52.0 Å². The van der Waals surface area contributed by atoms with E-state index in [1.807, 2.05) is 0 Å². The van der Waals surface area contributed by atoms with Crippen LogP contribution in [0.25, 0.3) is 0 Å². The summed E-state index contributed by atoms with van der Waals surface area (Å²) in [6.45, 7) is 9.80. The highest BCUT2D eigenvalue weighted by molar-refractivity contribution is 4.83. The van der Waals surface area contributed by atoms with Crippen molar-refractivity contribution in [2.75, 3.05) is 26.2 Å².